The molecule has 0 saturated heterocycles. The summed E-state index contributed by atoms with van der Waals surface area (Å²) in [6.45, 7) is 3.82. The molecule has 140 valence electrons. The van der Waals surface area contributed by atoms with Crippen molar-refractivity contribution in [2.45, 2.75) is 0 Å². The summed E-state index contributed by atoms with van der Waals surface area (Å²) in [5.74, 6) is 0.319. The Morgan fingerprint density at radius 1 is 1.11 bits per heavy atom. The van der Waals surface area contributed by atoms with Crippen LogP contribution in [0, 0.1) is 0 Å². The van der Waals surface area contributed by atoms with E-state index in [-0.39, 0.29) is 29.6 Å². The van der Waals surface area contributed by atoms with Gasteiger partial charge in [-0.3, -0.25) is 0 Å². The third-order valence-corrected chi connectivity index (χ3v) is 3.82. The van der Waals surface area contributed by atoms with Crippen LogP contribution in [-0.4, -0.2) is 41.7 Å². The number of hydrogen-bond donors (Lipinski definition) is 2. The molecule has 28 heavy (non-hydrogen) atoms. The van der Waals surface area contributed by atoms with Crippen molar-refractivity contribution >= 4 is 34.3 Å². The van der Waals surface area contributed by atoms with Crippen LogP contribution in [0.15, 0.2) is 55.1 Å². The maximum Gasteiger partial charge on any atom is 0.322 e. The average Bonchev–Trinajstić information content (AvgIpc) is 3.09. The molecule has 0 atom stereocenters. The van der Waals surface area contributed by atoms with E-state index in [0.717, 1.165) is 0 Å². The van der Waals surface area contributed by atoms with Crippen molar-refractivity contribution < 1.29 is 9.84 Å². The lowest BCUT2D eigenvalue weighted by atomic mass is 10.3. The number of benzene rings is 2. The number of halogens is 1. The Morgan fingerprint density at radius 3 is 2.75 bits per heavy atom. The van der Waals surface area contributed by atoms with Crippen molar-refractivity contribution in [2.24, 2.45) is 0 Å². The van der Waals surface area contributed by atoms with Crippen molar-refractivity contribution in [2.75, 3.05) is 11.9 Å². The number of fused-ring (bicyclic) bond motifs is 1. The third-order valence-electron chi connectivity index (χ3n) is 3.65. The van der Waals surface area contributed by atoms with Gasteiger partial charge < -0.3 is 15.2 Å². The minimum atomic E-state index is 0.00291. The highest BCUT2D eigenvalue weighted by molar-refractivity contribution is 6.28. The molecule has 2 aromatic heterocycles. The summed E-state index contributed by atoms with van der Waals surface area (Å²) < 4.78 is 5.29. The van der Waals surface area contributed by atoms with Crippen molar-refractivity contribution in [3.05, 3.63) is 60.4 Å². The second-order valence-electron chi connectivity index (χ2n) is 5.62. The lowest BCUT2D eigenvalue weighted by Gasteiger charge is -2.06. The second-order valence-corrected chi connectivity index (χ2v) is 5.96. The van der Waals surface area contributed by atoms with E-state index in [1.165, 1.54) is 4.80 Å². The Labute approximate surface area is 164 Å². The average molecular weight is 396 g/mol. The van der Waals surface area contributed by atoms with Crippen LogP contribution in [0.1, 0.15) is 0 Å². The minimum absolute atomic E-state index is 0.00291. The second kappa shape index (κ2) is 7.49. The predicted octanol–water partition coefficient (Wildman–Crippen LogP) is 3.27. The summed E-state index contributed by atoms with van der Waals surface area (Å²) >= 11 is 5.92. The Balaban J connectivity index is 1.63. The van der Waals surface area contributed by atoms with E-state index in [4.69, 9.17) is 16.3 Å². The lowest BCUT2D eigenvalue weighted by Crippen LogP contribution is -2.04. The van der Waals surface area contributed by atoms with Crippen LogP contribution in [0.25, 0.3) is 16.7 Å². The Kier molecular flexibility index (Phi) is 4.73. The summed E-state index contributed by atoms with van der Waals surface area (Å²) in [5, 5.41) is 21.8. The number of hydrogen-bond acceptors (Lipinski definition) is 8. The molecule has 4 aromatic rings. The molecule has 0 radical (unpaired) electrons. The molecule has 0 amide bonds. The van der Waals surface area contributed by atoms with Gasteiger partial charge in [-0.1, -0.05) is 24.8 Å². The number of ether oxygens (including phenoxy) is 1. The molecule has 2 N–H and O–H groups in total. The molecule has 4 rings (SSSR count). The van der Waals surface area contributed by atoms with Crippen LogP contribution in [0.3, 0.4) is 0 Å². The monoisotopic (exact) mass is 395 g/mol. The Hall–Kier alpha value is -3.72. The van der Waals surface area contributed by atoms with E-state index < -0.39 is 0 Å². The molecule has 9 nitrogen and oxygen atoms in total. The topological polar surface area (TPSA) is 111 Å². The molecule has 0 bridgehead atoms. The van der Waals surface area contributed by atoms with Crippen molar-refractivity contribution in [3.63, 3.8) is 0 Å². The number of nitrogens with one attached hydrogen (secondary N) is 1. The van der Waals surface area contributed by atoms with Gasteiger partial charge in [0, 0.05) is 5.69 Å². The molecular formula is C18H14ClN7O2. The van der Waals surface area contributed by atoms with E-state index >= 15 is 0 Å². The lowest BCUT2D eigenvalue weighted by molar-refractivity contribution is 0.332. The fourth-order valence-corrected chi connectivity index (χ4v) is 2.60. The van der Waals surface area contributed by atoms with E-state index in [9.17, 15) is 5.11 Å². The smallest absolute Gasteiger partial charge is 0.322 e. The van der Waals surface area contributed by atoms with E-state index in [1.54, 1.807) is 48.5 Å². The van der Waals surface area contributed by atoms with E-state index in [0.29, 0.717) is 22.4 Å². The van der Waals surface area contributed by atoms with Gasteiger partial charge in [0.15, 0.2) is 0 Å². The molecule has 0 aliphatic carbocycles. The van der Waals surface area contributed by atoms with Crippen LogP contribution in [0.2, 0.25) is 5.28 Å². The summed E-state index contributed by atoms with van der Waals surface area (Å²) in [6.07, 6.45) is 1.58. The summed E-state index contributed by atoms with van der Waals surface area (Å²) in [4.78, 5) is 13.5. The number of anilines is 2. The molecular weight excluding hydrogens is 382 g/mol. The molecule has 10 heteroatoms. The summed E-state index contributed by atoms with van der Waals surface area (Å²) in [6, 6.07) is 12.3. The Bertz CT molecular complexity index is 1160. The standard InChI is InChI=1S/C18H14ClN7O2/c1-2-9-28-18-22-16(19)21-17(23-18)20-11-7-8-12-13(10-11)25-26(24-12)14-5-3-4-6-15(14)27/h2-8,10,27H,1,9H2,(H,20,21,22,23). The van der Waals surface area contributed by atoms with Gasteiger partial charge in [-0.25, -0.2) is 0 Å². The van der Waals surface area contributed by atoms with Gasteiger partial charge >= 0.3 is 6.01 Å². The zero-order valence-electron chi connectivity index (χ0n) is 14.4. The first-order chi connectivity index (χ1) is 13.6. The van der Waals surface area contributed by atoms with Crippen LogP contribution in [0.4, 0.5) is 11.6 Å². The van der Waals surface area contributed by atoms with Gasteiger partial charge in [-0.15, -0.1) is 15.0 Å². The number of rotatable bonds is 6. The van der Waals surface area contributed by atoms with Crippen molar-refractivity contribution in [1.29, 1.82) is 0 Å². The number of aromatic hydroxyl groups is 1. The van der Waals surface area contributed by atoms with E-state index in [1.807, 2.05) is 0 Å². The molecule has 2 aromatic carbocycles. The molecule has 0 spiro atoms. The molecule has 0 unspecified atom stereocenters. The molecule has 2 heterocycles. The van der Waals surface area contributed by atoms with Crippen LogP contribution in [-0.2, 0) is 0 Å². The SMILES string of the molecule is C=CCOc1nc(Cl)nc(Nc2ccc3nn(-c4ccccc4O)nc3c2)n1. The van der Waals surface area contributed by atoms with Gasteiger partial charge in [0.05, 0.1) is 0 Å². The third kappa shape index (κ3) is 3.69. The fraction of sp³-hybridized carbons (Fsp3) is 0.0556. The van der Waals surface area contributed by atoms with Crippen molar-refractivity contribution in [1.82, 2.24) is 29.9 Å². The number of nitrogens with zero attached hydrogens (tertiary/aromatic N) is 6. The highest BCUT2D eigenvalue weighted by atomic mass is 35.5. The van der Waals surface area contributed by atoms with Gasteiger partial charge in [0.25, 0.3) is 0 Å². The molecule has 0 fully saturated rings. The zero-order chi connectivity index (χ0) is 19.5. The number of para-hydroxylation sites is 2. The fourth-order valence-electron chi connectivity index (χ4n) is 2.45. The van der Waals surface area contributed by atoms with Gasteiger partial charge in [-0.2, -0.15) is 15.0 Å². The minimum Gasteiger partial charge on any atom is -0.506 e. The molecule has 0 aliphatic heterocycles. The molecule has 0 aliphatic rings. The first kappa shape index (κ1) is 17.7. The maximum atomic E-state index is 9.99. The normalized spacial score (nSPS) is 10.8. The van der Waals surface area contributed by atoms with E-state index in [2.05, 4.69) is 37.0 Å². The van der Waals surface area contributed by atoms with Crippen LogP contribution < -0.4 is 10.1 Å². The molecule has 0 saturated carbocycles. The first-order valence-corrected chi connectivity index (χ1v) is 8.58. The maximum absolute atomic E-state index is 9.99. The largest absolute Gasteiger partial charge is 0.506 e. The summed E-state index contributed by atoms with van der Waals surface area (Å²) in [7, 11) is 0. The highest BCUT2D eigenvalue weighted by Crippen LogP contribution is 2.23. The number of aromatic nitrogens is 6. The van der Waals surface area contributed by atoms with Crippen LogP contribution in [0.5, 0.6) is 11.8 Å². The van der Waals surface area contributed by atoms with Crippen molar-refractivity contribution in [3.8, 4) is 17.4 Å². The zero-order valence-corrected chi connectivity index (χ0v) is 15.2. The Morgan fingerprint density at radius 2 is 1.93 bits per heavy atom. The number of phenolic OH excluding ortho intramolecular Hbond substituents is 1. The predicted molar refractivity (Wildman–Crippen MR) is 104 cm³/mol. The highest BCUT2D eigenvalue weighted by Gasteiger charge is 2.10. The van der Waals surface area contributed by atoms with Gasteiger partial charge in [0.2, 0.25) is 11.2 Å². The quantitative estimate of drug-likeness (QED) is 0.478. The van der Waals surface area contributed by atoms with Crippen LogP contribution >= 0.6 is 11.6 Å². The van der Waals surface area contributed by atoms with Gasteiger partial charge in [0.1, 0.15) is 29.1 Å². The number of phenols is 1. The summed E-state index contributed by atoms with van der Waals surface area (Å²) in [5.41, 5.74) is 2.45. The van der Waals surface area contributed by atoms with Gasteiger partial charge in [-0.05, 0) is 41.9 Å². The first-order valence-electron chi connectivity index (χ1n) is 8.20.